The van der Waals surface area contributed by atoms with E-state index in [9.17, 15) is 0 Å². The zero-order valence-corrected chi connectivity index (χ0v) is 13.8. The molecule has 0 spiro atoms. The first-order valence-corrected chi connectivity index (χ1v) is 8.11. The van der Waals surface area contributed by atoms with Gasteiger partial charge >= 0.3 is 0 Å². The Kier molecular flexibility index (Phi) is 3.58. The van der Waals surface area contributed by atoms with Gasteiger partial charge in [-0.2, -0.15) is 0 Å². The summed E-state index contributed by atoms with van der Waals surface area (Å²) in [6, 6.07) is 25.0. The van der Waals surface area contributed by atoms with Crippen molar-refractivity contribution in [3.63, 3.8) is 0 Å². The minimum Gasteiger partial charge on any atom is -0.228 e. The lowest BCUT2D eigenvalue weighted by molar-refractivity contribution is 1.22. The molecule has 0 radical (unpaired) electrons. The van der Waals surface area contributed by atoms with Crippen molar-refractivity contribution in [3.8, 4) is 22.6 Å². The van der Waals surface area contributed by atoms with Gasteiger partial charge in [0, 0.05) is 16.5 Å². The summed E-state index contributed by atoms with van der Waals surface area (Å²) in [5.74, 6) is 0.766. The van der Waals surface area contributed by atoms with Crippen molar-refractivity contribution < 1.29 is 0 Å². The van der Waals surface area contributed by atoms with Crippen molar-refractivity contribution in [1.82, 2.24) is 9.97 Å². The molecule has 0 N–H and O–H groups in total. The third-order valence-electron chi connectivity index (χ3n) is 4.21. The maximum atomic E-state index is 4.90. The Morgan fingerprint density at radius 2 is 1.33 bits per heavy atom. The largest absolute Gasteiger partial charge is 0.228 e. The molecular formula is C22H18N2. The molecule has 0 bridgehead atoms. The molecule has 24 heavy (non-hydrogen) atoms. The molecule has 0 saturated carbocycles. The van der Waals surface area contributed by atoms with Crippen LogP contribution in [-0.2, 0) is 0 Å². The number of nitrogens with zero attached hydrogens (tertiary/aromatic N) is 2. The van der Waals surface area contributed by atoms with Gasteiger partial charge in [-0.3, -0.25) is 0 Å². The molecule has 0 amide bonds. The molecule has 4 rings (SSSR count). The molecule has 116 valence electrons. The number of hydrogen-bond acceptors (Lipinski definition) is 2. The minimum absolute atomic E-state index is 0.766. The first kappa shape index (κ1) is 14.6. The van der Waals surface area contributed by atoms with E-state index < -0.39 is 0 Å². The number of fused-ring (bicyclic) bond motifs is 1. The van der Waals surface area contributed by atoms with Crippen molar-refractivity contribution in [3.05, 3.63) is 83.9 Å². The second-order valence-electron chi connectivity index (χ2n) is 6.15. The predicted molar refractivity (Wildman–Crippen MR) is 99.9 cm³/mol. The Bertz CT molecular complexity index is 1000. The van der Waals surface area contributed by atoms with Gasteiger partial charge in [-0.1, -0.05) is 71.8 Å². The van der Waals surface area contributed by atoms with Gasteiger partial charge in [0.2, 0.25) is 0 Å². The molecule has 2 nitrogen and oxygen atoms in total. The van der Waals surface area contributed by atoms with Gasteiger partial charge in [0.1, 0.15) is 0 Å². The van der Waals surface area contributed by atoms with Gasteiger partial charge in [-0.25, -0.2) is 9.97 Å². The lowest BCUT2D eigenvalue weighted by Crippen LogP contribution is -1.95. The number of hydrogen-bond donors (Lipinski definition) is 0. The lowest BCUT2D eigenvalue weighted by Gasteiger charge is -2.10. The summed E-state index contributed by atoms with van der Waals surface area (Å²) in [5.41, 5.74) is 6.58. The Hall–Kier alpha value is -3.00. The number of aromatic nitrogens is 2. The zero-order valence-electron chi connectivity index (χ0n) is 13.8. The summed E-state index contributed by atoms with van der Waals surface area (Å²) in [5, 5.41) is 1.10. The van der Waals surface area contributed by atoms with Crippen LogP contribution in [0.25, 0.3) is 33.5 Å². The molecule has 3 aromatic carbocycles. The molecule has 0 fully saturated rings. The van der Waals surface area contributed by atoms with Gasteiger partial charge in [0.05, 0.1) is 11.2 Å². The first-order chi connectivity index (χ1) is 11.7. The van der Waals surface area contributed by atoms with E-state index in [0.717, 1.165) is 33.5 Å². The Morgan fingerprint density at radius 1 is 0.625 bits per heavy atom. The molecule has 0 atom stereocenters. The Balaban J connectivity index is 2.01. The van der Waals surface area contributed by atoms with Crippen LogP contribution in [0, 0.1) is 13.8 Å². The van der Waals surface area contributed by atoms with Gasteiger partial charge in [-0.05, 0) is 26.0 Å². The van der Waals surface area contributed by atoms with E-state index in [1.807, 2.05) is 30.3 Å². The quantitative estimate of drug-likeness (QED) is 0.483. The first-order valence-electron chi connectivity index (χ1n) is 8.11. The van der Waals surface area contributed by atoms with Crippen LogP contribution in [-0.4, -0.2) is 9.97 Å². The fourth-order valence-corrected chi connectivity index (χ4v) is 2.89. The molecule has 0 aliphatic carbocycles. The molecular weight excluding hydrogens is 292 g/mol. The zero-order chi connectivity index (χ0) is 16.5. The van der Waals surface area contributed by atoms with Crippen LogP contribution in [0.4, 0.5) is 0 Å². The van der Waals surface area contributed by atoms with Gasteiger partial charge in [-0.15, -0.1) is 0 Å². The summed E-state index contributed by atoms with van der Waals surface area (Å²) < 4.78 is 0. The van der Waals surface area contributed by atoms with Crippen molar-refractivity contribution >= 4 is 10.9 Å². The van der Waals surface area contributed by atoms with Crippen LogP contribution in [0.2, 0.25) is 0 Å². The van der Waals surface area contributed by atoms with Crippen molar-refractivity contribution in [2.24, 2.45) is 0 Å². The standard InChI is InChI=1S/C22H18N2/c1-15-8-11-17(12-9-15)21-19-14-16(2)10-13-20(19)23-22(24-21)18-6-4-3-5-7-18/h3-14H,1-2H3. The van der Waals surface area contributed by atoms with E-state index in [4.69, 9.17) is 9.97 Å². The normalized spacial score (nSPS) is 10.9. The maximum absolute atomic E-state index is 4.90. The van der Waals surface area contributed by atoms with Crippen molar-refractivity contribution in [2.45, 2.75) is 13.8 Å². The average Bonchev–Trinajstić information content (AvgIpc) is 2.62. The summed E-state index contributed by atoms with van der Waals surface area (Å²) in [4.78, 5) is 9.68. The number of rotatable bonds is 2. The summed E-state index contributed by atoms with van der Waals surface area (Å²) in [6.45, 7) is 4.20. The smallest absolute Gasteiger partial charge is 0.160 e. The van der Waals surface area contributed by atoms with Crippen LogP contribution >= 0.6 is 0 Å². The summed E-state index contributed by atoms with van der Waals surface area (Å²) in [7, 11) is 0. The second kappa shape index (κ2) is 5.89. The molecule has 0 unspecified atom stereocenters. The molecule has 2 heteroatoms. The molecule has 0 saturated heterocycles. The summed E-state index contributed by atoms with van der Waals surface area (Å²) in [6.07, 6.45) is 0. The second-order valence-corrected chi connectivity index (χ2v) is 6.15. The highest BCUT2D eigenvalue weighted by Crippen LogP contribution is 2.29. The van der Waals surface area contributed by atoms with E-state index >= 15 is 0 Å². The van der Waals surface area contributed by atoms with Gasteiger partial charge in [0.15, 0.2) is 5.82 Å². The van der Waals surface area contributed by atoms with E-state index in [1.54, 1.807) is 0 Å². The van der Waals surface area contributed by atoms with Crippen LogP contribution in [0.3, 0.4) is 0 Å². The Labute approximate surface area is 141 Å². The van der Waals surface area contributed by atoms with Crippen LogP contribution in [0.15, 0.2) is 72.8 Å². The lowest BCUT2D eigenvalue weighted by atomic mass is 10.0. The molecule has 4 aromatic rings. The highest BCUT2D eigenvalue weighted by Gasteiger charge is 2.11. The fourth-order valence-electron chi connectivity index (χ4n) is 2.89. The highest BCUT2D eigenvalue weighted by molar-refractivity contribution is 5.94. The average molecular weight is 310 g/mol. The van der Waals surface area contributed by atoms with Crippen LogP contribution < -0.4 is 0 Å². The number of aryl methyl sites for hydroxylation is 2. The van der Waals surface area contributed by atoms with Crippen molar-refractivity contribution in [1.29, 1.82) is 0 Å². The third kappa shape index (κ3) is 2.67. The van der Waals surface area contributed by atoms with Crippen LogP contribution in [0.5, 0.6) is 0 Å². The number of benzene rings is 3. The molecule has 1 aromatic heterocycles. The van der Waals surface area contributed by atoms with E-state index in [-0.39, 0.29) is 0 Å². The minimum atomic E-state index is 0.766. The molecule has 1 heterocycles. The molecule has 0 aliphatic heterocycles. The van der Waals surface area contributed by atoms with E-state index in [2.05, 4.69) is 56.3 Å². The highest BCUT2D eigenvalue weighted by atomic mass is 14.9. The van der Waals surface area contributed by atoms with Crippen LogP contribution in [0.1, 0.15) is 11.1 Å². The van der Waals surface area contributed by atoms with E-state index in [0.29, 0.717) is 0 Å². The van der Waals surface area contributed by atoms with E-state index in [1.165, 1.54) is 11.1 Å². The predicted octanol–water partition coefficient (Wildman–Crippen LogP) is 5.58. The molecule has 0 aliphatic rings. The maximum Gasteiger partial charge on any atom is 0.160 e. The summed E-state index contributed by atoms with van der Waals surface area (Å²) >= 11 is 0. The monoisotopic (exact) mass is 310 g/mol. The van der Waals surface area contributed by atoms with Gasteiger partial charge < -0.3 is 0 Å². The fraction of sp³-hybridized carbons (Fsp3) is 0.0909. The SMILES string of the molecule is Cc1ccc(-c2nc(-c3ccccc3)nc3ccc(C)cc23)cc1. The third-order valence-corrected chi connectivity index (χ3v) is 4.21. The topological polar surface area (TPSA) is 25.8 Å². The van der Waals surface area contributed by atoms with Gasteiger partial charge in [0.25, 0.3) is 0 Å². The Morgan fingerprint density at radius 3 is 2.08 bits per heavy atom. The van der Waals surface area contributed by atoms with Crippen molar-refractivity contribution in [2.75, 3.05) is 0 Å².